The van der Waals surface area contributed by atoms with Crippen LogP contribution in [0.3, 0.4) is 0 Å². The molecule has 1 aromatic heterocycles. The predicted molar refractivity (Wildman–Crippen MR) is 50.3 cm³/mol. The molecule has 0 amide bonds. The van der Waals surface area contributed by atoms with Crippen molar-refractivity contribution in [1.29, 1.82) is 5.26 Å². The maximum absolute atomic E-state index is 11.3. The van der Waals surface area contributed by atoms with E-state index in [0.29, 0.717) is 18.0 Å². The molecule has 3 heteroatoms. The maximum Gasteiger partial charge on any atom is 0.251 e. The second-order valence-electron chi connectivity index (χ2n) is 3.41. The molecule has 0 N–H and O–H groups in total. The lowest BCUT2D eigenvalue weighted by Crippen LogP contribution is -2.21. The fourth-order valence-electron chi connectivity index (χ4n) is 1.12. The number of rotatable bonds is 2. The van der Waals surface area contributed by atoms with Crippen molar-refractivity contribution in [1.82, 2.24) is 4.57 Å². The van der Waals surface area contributed by atoms with E-state index in [4.69, 9.17) is 5.26 Å². The molecule has 1 rings (SSSR count). The van der Waals surface area contributed by atoms with Crippen LogP contribution in [0.1, 0.15) is 19.4 Å². The molecule has 0 aliphatic carbocycles. The van der Waals surface area contributed by atoms with Gasteiger partial charge in [0.05, 0.1) is 11.6 Å². The third-order valence-corrected chi connectivity index (χ3v) is 1.69. The van der Waals surface area contributed by atoms with Gasteiger partial charge in [-0.25, -0.2) is 0 Å². The largest absolute Gasteiger partial charge is 0.315 e. The highest BCUT2D eigenvalue weighted by molar-refractivity contribution is 5.25. The molecule has 0 saturated carbocycles. The van der Waals surface area contributed by atoms with E-state index in [9.17, 15) is 4.79 Å². The van der Waals surface area contributed by atoms with E-state index in [2.05, 4.69) is 0 Å². The number of pyridine rings is 1. The molecule has 13 heavy (non-hydrogen) atoms. The van der Waals surface area contributed by atoms with Gasteiger partial charge < -0.3 is 4.57 Å². The molecule has 0 aliphatic heterocycles. The minimum atomic E-state index is -0.104. The van der Waals surface area contributed by atoms with Crippen LogP contribution in [0.4, 0.5) is 0 Å². The molecule has 1 heterocycles. The molecule has 0 bridgehead atoms. The van der Waals surface area contributed by atoms with Gasteiger partial charge in [0.15, 0.2) is 0 Å². The maximum atomic E-state index is 11.3. The van der Waals surface area contributed by atoms with Gasteiger partial charge in [-0.15, -0.1) is 0 Å². The summed E-state index contributed by atoms with van der Waals surface area (Å²) in [5.74, 6) is 0.436. The van der Waals surface area contributed by atoms with Crippen molar-refractivity contribution in [2.45, 2.75) is 20.4 Å². The normalized spacial score (nSPS) is 10.0. The van der Waals surface area contributed by atoms with Crippen LogP contribution in [0, 0.1) is 17.2 Å². The van der Waals surface area contributed by atoms with Crippen molar-refractivity contribution in [3.8, 4) is 6.07 Å². The van der Waals surface area contributed by atoms with Gasteiger partial charge in [-0.1, -0.05) is 13.8 Å². The quantitative estimate of drug-likeness (QED) is 0.683. The van der Waals surface area contributed by atoms with E-state index in [1.165, 1.54) is 6.07 Å². The van der Waals surface area contributed by atoms with E-state index < -0.39 is 0 Å². The van der Waals surface area contributed by atoms with Crippen LogP contribution in [0.25, 0.3) is 0 Å². The van der Waals surface area contributed by atoms with Crippen molar-refractivity contribution < 1.29 is 0 Å². The Bertz CT molecular complexity index is 385. The van der Waals surface area contributed by atoms with Crippen LogP contribution >= 0.6 is 0 Å². The Hall–Kier alpha value is -1.56. The van der Waals surface area contributed by atoms with Crippen molar-refractivity contribution in [3.05, 3.63) is 34.2 Å². The second-order valence-corrected chi connectivity index (χ2v) is 3.41. The molecule has 0 fully saturated rings. The third-order valence-electron chi connectivity index (χ3n) is 1.69. The number of nitriles is 1. The third kappa shape index (κ3) is 2.45. The fraction of sp³-hybridized carbons (Fsp3) is 0.400. The smallest absolute Gasteiger partial charge is 0.251 e. The Morgan fingerprint density at radius 3 is 2.77 bits per heavy atom. The molecule has 1 aromatic rings. The van der Waals surface area contributed by atoms with Gasteiger partial charge in [-0.3, -0.25) is 4.79 Å². The zero-order valence-electron chi connectivity index (χ0n) is 7.82. The van der Waals surface area contributed by atoms with Gasteiger partial charge in [0, 0.05) is 18.8 Å². The molecule has 0 radical (unpaired) electrons. The second kappa shape index (κ2) is 3.90. The summed E-state index contributed by atoms with van der Waals surface area (Å²) >= 11 is 0. The molecule has 0 aliphatic rings. The molecule has 0 saturated heterocycles. The molecule has 0 atom stereocenters. The summed E-state index contributed by atoms with van der Waals surface area (Å²) in [6, 6.07) is 4.95. The Balaban J connectivity index is 3.01. The molecule has 0 unspecified atom stereocenters. The SMILES string of the molecule is CC(C)Cn1ccc(C#N)cc1=O. The fourth-order valence-corrected chi connectivity index (χ4v) is 1.12. The summed E-state index contributed by atoms with van der Waals surface area (Å²) in [5.41, 5.74) is 0.317. The summed E-state index contributed by atoms with van der Waals surface area (Å²) in [4.78, 5) is 11.3. The number of aromatic nitrogens is 1. The Labute approximate surface area is 77.2 Å². The van der Waals surface area contributed by atoms with E-state index in [0.717, 1.165) is 0 Å². The minimum Gasteiger partial charge on any atom is -0.315 e. The highest BCUT2D eigenvalue weighted by Gasteiger charge is 1.99. The minimum absolute atomic E-state index is 0.104. The van der Waals surface area contributed by atoms with Crippen LogP contribution in [0.15, 0.2) is 23.1 Å². The first-order valence-corrected chi connectivity index (χ1v) is 4.24. The standard InChI is InChI=1S/C10H12N2O/c1-8(2)7-12-4-3-9(6-11)5-10(12)13/h3-5,8H,7H2,1-2H3. The van der Waals surface area contributed by atoms with Crippen LogP contribution in [0.5, 0.6) is 0 Å². The molecule has 68 valence electrons. The lowest BCUT2D eigenvalue weighted by molar-refractivity contribution is 0.511. The lowest BCUT2D eigenvalue weighted by Gasteiger charge is -2.07. The van der Waals surface area contributed by atoms with Crippen LogP contribution < -0.4 is 5.56 Å². The zero-order valence-corrected chi connectivity index (χ0v) is 7.82. The lowest BCUT2D eigenvalue weighted by atomic mass is 10.2. The monoisotopic (exact) mass is 176 g/mol. The number of nitrogens with zero attached hydrogens (tertiary/aromatic N) is 2. The summed E-state index contributed by atoms with van der Waals surface area (Å²) in [5, 5.41) is 8.54. The van der Waals surface area contributed by atoms with Crippen molar-refractivity contribution >= 4 is 0 Å². The number of hydrogen-bond acceptors (Lipinski definition) is 2. The summed E-state index contributed by atoms with van der Waals surface area (Å²) in [7, 11) is 0. The summed E-state index contributed by atoms with van der Waals surface area (Å²) in [6.07, 6.45) is 1.67. The molecular weight excluding hydrogens is 164 g/mol. The van der Waals surface area contributed by atoms with Crippen molar-refractivity contribution in [3.63, 3.8) is 0 Å². The molecule has 3 nitrogen and oxygen atoms in total. The summed E-state index contributed by atoms with van der Waals surface area (Å²) < 4.78 is 1.62. The van der Waals surface area contributed by atoms with Gasteiger partial charge in [0.1, 0.15) is 0 Å². The van der Waals surface area contributed by atoms with E-state index >= 15 is 0 Å². The van der Waals surface area contributed by atoms with Gasteiger partial charge in [-0.2, -0.15) is 5.26 Å². The van der Waals surface area contributed by atoms with Gasteiger partial charge in [0.25, 0.3) is 5.56 Å². The Kier molecular flexibility index (Phi) is 2.86. The van der Waals surface area contributed by atoms with Crippen LogP contribution in [-0.4, -0.2) is 4.57 Å². The summed E-state index contributed by atoms with van der Waals surface area (Å²) in [6.45, 7) is 4.79. The highest BCUT2D eigenvalue weighted by Crippen LogP contribution is 1.97. The Morgan fingerprint density at radius 1 is 1.62 bits per heavy atom. The van der Waals surface area contributed by atoms with E-state index in [-0.39, 0.29) is 5.56 Å². The zero-order chi connectivity index (χ0) is 9.84. The molecule has 0 spiro atoms. The average molecular weight is 176 g/mol. The molecule has 0 aromatic carbocycles. The van der Waals surface area contributed by atoms with Crippen molar-refractivity contribution in [2.75, 3.05) is 0 Å². The average Bonchev–Trinajstić information content (AvgIpc) is 2.08. The van der Waals surface area contributed by atoms with E-state index in [1.807, 2.05) is 19.9 Å². The molecular formula is C10H12N2O. The first kappa shape index (κ1) is 9.53. The van der Waals surface area contributed by atoms with E-state index in [1.54, 1.807) is 16.8 Å². The van der Waals surface area contributed by atoms with Gasteiger partial charge in [0.2, 0.25) is 0 Å². The predicted octanol–water partition coefficient (Wildman–Crippen LogP) is 1.38. The highest BCUT2D eigenvalue weighted by atomic mass is 16.1. The van der Waals surface area contributed by atoms with Crippen LogP contribution in [-0.2, 0) is 6.54 Å². The van der Waals surface area contributed by atoms with Crippen molar-refractivity contribution in [2.24, 2.45) is 5.92 Å². The Morgan fingerprint density at radius 2 is 2.31 bits per heavy atom. The topological polar surface area (TPSA) is 45.8 Å². The van der Waals surface area contributed by atoms with Crippen LogP contribution in [0.2, 0.25) is 0 Å². The first-order valence-electron chi connectivity index (χ1n) is 4.24. The number of hydrogen-bond donors (Lipinski definition) is 0. The van der Waals surface area contributed by atoms with Gasteiger partial charge >= 0.3 is 0 Å². The first-order chi connectivity index (χ1) is 6.13. The van der Waals surface area contributed by atoms with Gasteiger partial charge in [-0.05, 0) is 12.0 Å².